The van der Waals surface area contributed by atoms with Gasteiger partial charge >= 0.3 is 0 Å². The number of hydrogen-bond donors (Lipinski definition) is 2. The summed E-state index contributed by atoms with van der Waals surface area (Å²) in [7, 11) is 0. The Morgan fingerprint density at radius 1 is 1.20 bits per heavy atom. The molecule has 30 heavy (non-hydrogen) atoms. The smallest absolute Gasteiger partial charge is 0.234 e. The van der Waals surface area contributed by atoms with E-state index in [-0.39, 0.29) is 28.7 Å². The van der Waals surface area contributed by atoms with Crippen LogP contribution in [0, 0.1) is 11.3 Å². The van der Waals surface area contributed by atoms with Crippen molar-refractivity contribution < 1.29 is 9.59 Å². The number of amides is 2. The van der Waals surface area contributed by atoms with E-state index in [9.17, 15) is 9.59 Å². The molecule has 8 heteroatoms. The van der Waals surface area contributed by atoms with Gasteiger partial charge in [0.15, 0.2) is 5.82 Å². The van der Waals surface area contributed by atoms with Crippen LogP contribution in [-0.2, 0) is 9.59 Å². The van der Waals surface area contributed by atoms with Crippen LogP contribution in [0.25, 0.3) is 0 Å². The van der Waals surface area contributed by atoms with Crippen molar-refractivity contribution in [3.8, 4) is 0 Å². The predicted octanol–water partition coefficient (Wildman–Crippen LogP) is 3.61. The van der Waals surface area contributed by atoms with Gasteiger partial charge in [0.2, 0.25) is 11.8 Å². The van der Waals surface area contributed by atoms with Crippen molar-refractivity contribution in [2.75, 3.05) is 25.0 Å². The summed E-state index contributed by atoms with van der Waals surface area (Å²) < 4.78 is 1.94. The van der Waals surface area contributed by atoms with Gasteiger partial charge in [-0.3, -0.25) is 19.2 Å². The van der Waals surface area contributed by atoms with Crippen LogP contribution in [-0.4, -0.2) is 51.7 Å². The van der Waals surface area contributed by atoms with Crippen LogP contribution in [0.15, 0.2) is 6.20 Å². The van der Waals surface area contributed by atoms with E-state index in [1.165, 1.54) is 19.3 Å². The minimum absolute atomic E-state index is 0.00597. The number of carbonyl (C=O) groups is 2. The van der Waals surface area contributed by atoms with Crippen molar-refractivity contribution in [3.05, 3.63) is 11.2 Å². The van der Waals surface area contributed by atoms with Crippen molar-refractivity contribution in [1.82, 2.24) is 20.0 Å². The molecule has 2 saturated carbocycles. The molecular formula is C22H34ClN5O2. The van der Waals surface area contributed by atoms with Gasteiger partial charge in [0, 0.05) is 30.7 Å². The van der Waals surface area contributed by atoms with Crippen molar-refractivity contribution in [2.24, 2.45) is 11.3 Å². The van der Waals surface area contributed by atoms with Gasteiger partial charge in [-0.05, 0) is 51.9 Å². The maximum absolute atomic E-state index is 12.7. The third kappa shape index (κ3) is 4.83. The lowest BCUT2D eigenvalue weighted by Gasteiger charge is -2.58. The number of likely N-dealkylation sites (tertiary alicyclic amines) is 1. The standard InChI is InChI=1S/C22H34ClN5O2/c1-21(2,3)25-18(29)12-27-13-22(14-27)9-15(10-22)20(30)24-19-17(23)11-28(26-19)16-7-5-4-6-8-16/h11,15-16H,4-10,12-14H2,1-3H3,(H,25,29)(H,24,26,30). The Morgan fingerprint density at radius 3 is 2.50 bits per heavy atom. The minimum atomic E-state index is -0.204. The first-order valence-electron chi connectivity index (χ1n) is 11.2. The monoisotopic (exact) mass is 435 g/mol. The maximum atomic E-state index is 12.7. The molecule has 2 N–H and O–H groups in total. The molecule has 2 aliphatic carbocycles. The highest BCUT2D eigenvalue weighted by molar-refractivity contribution is 6.33. The number of carbonyl (C=O) groups excluding carboxylic acids is 2. The zero-order valence-corrected chi connectivity index (χ0v) is 19.1. The van der Waals surface area contributed by atoms with E-state index in [1.54, 1.807) is 0 Å². The molecule has 1 aromatic rings. The maximum Gasteiger partial charge on any atom is 0.234 e. The first-order valence-corrected chi connectivity index (χ1v) is 11.6. The zero-order chi connectivity index (χ0) is 21.5. The molecule has 4 rings (SSSR count). The molecule has 7 nitrogen and oxygen atoms in total. The molecule has 1 aliphatic heterocycles. The van der Waals surface area contributed by atoms with Crippen LogP contribution in [0.5, 0.6) is 0 Å². The number of hydrogen-bond acceptors (Lipinski definition) is 4. The number of nitrogens with one attached hydrogen (secondary N) is 2. The quantitative estimate of drug-likeness (QED) is 0.740. The zero-order valence-electron chi connectivity index (χ0n) is 18.3. The van der Waals surface area contributed by atoms with E-state index in [1.807, 2.05) is 31.6 Å². The number of aromatic nitrogens is 2. The van der Waals surface area contributed by atoms with Crippen LogP contribution >= 0.6 is 11.6 Å². The first kappa shape index (κ1) is 21.6. The fourth-order valence-corrected chi connectivity index (χ4v) is 5.49. The molecule has 0 atom stereocenters. The van der Waals surface area contributed by atoms with Crippen molar-refractivity contribution in [1.29, 1.82) is 0 Å². The van der Waals surface area contributed by atoms with Crippen molar-refractivity contribution in [3.63, 3.8) is 0 Å². The Morgan fingerprint density at radius 2 is 1.87 bits per heavy atom. The second-order valence-corrected chi connectivity index (χ2v) is 11.0. The summed E-state index contributed by atoms with van der Waals surface area (Å²) in [4.78, 5) is 26.9. The van der Waals surface area contributed by atoms with Gasteiger partial charge < -0.3 is 10.6 Å². The third-order valence-electron chi connectivity index (χ3n) is 6.61. The van der Waals surface area contributed by atoms with Crippen molar-refractivity contribution in [2.45, 2.75) is 77.3 Å². The molecule has 3 aliphatic rings. The van der Waals surface area contributed by atoms with Crippen LogP contribution < -0.4 is 10.6 Å². The van der Waals surface area contributed by atoms with Crippen LogP contribution in [0.4, 0.5) is 5.82 Å². The lowest BCUT2D eigenvalue weighted by molar-refractivity contribution is -0.144. The number of rotatable bonds is 5. The second kappa shape index (κ2) is 8.15. The summed E-state index contributed by atoms with van der Waals surface area (Å²) in [5.41, 5.74) is -0.000192. The number of nitrogens with zero attached hydrogens (tertiary/aromatic N) is 3. The highest BCUT2D eigenvalue weighted by Crippen LogP contribution is 2.52. The van der Waals surface area contributed by atoms with Crippen LogP contribution in [0.2, 0.25) is 5.02 Å². The average Bonchev–Trinajstić information content (AvgIpc) is 2.95. The lowest BCUT2D eigenvalue weighted by Crippen LogP contribution is -2.65. The molecule has 0 unspecified atom stereocenters. The van der Waals surface area contributed by atoms with Gasteiger partial charge in [-0.15, -0.1) is 0 Å². The molecule has 0 aromatic carbocycles. The van der Waals surface area contributed by atoms with E-state index in [4.69, 9.17) is 11.6 Å². The molecule has 2 amide bonds. The fraction of sp³-hybridized carbons (Fsp3) is 0.773. The normalized spacial score (nSPS) is 22.4. The van der Waals surface area contributed by atoms with Gasteiger partial charge in [0.25, 0.3) is 0 Å². The van der Waals surface area contributed by atoms with E-state index in [2.05, 4.69) is 20.6 Å². The number of anilines is 1. The molecule has 0 bridgehead atoms. The fourth-order valence-electron chi connectivity index (χ4n) is 5.31. The van der Waals surface area contributed by atoms with Gasteiger partial charge in [-0.25, -0.2) is 0 Å². The minimum Gasteiger partial charge on any atom is -0.350 e. The molecule has 1 spiro atoms. The summed E-state index contributed by atoms with van der Waals surface area (Å²) in [6, 6.07) is 0.394. The van der Waals surface area contributed by atoms with Crippen LogP contribution in [0.1, 0.15) is 71.8 Å². The van der Waals surface area contributed by atoms with E-state index < -0.39 is 0 Å². The predicted molar refractivity (Wildman–Crippen MR) is 117 cm³/mol. The van der Waals surface area contributed by atoms with E-state index in [0.29, 0.717) is 23.4 Å². The average molecular weight is 436 g/mol. The summed E-state index contributed by atoms with van der Waals surface area (Å²) >= 11 is 6.34. The SMILES string of the molecule is CC(C)(C)NC(=O)CN1CC2(CC(C(=O)Nc3nn(C4CCCCC4)cc3Cl)C2)C1. The molecule has 1 saturated heterocycles. The van der Waals surface area contributed by atoms with E-state index >= 15 is 0 Å². The van der Waals surface area contributed by atoms with Gasteiger partial charge in [-0.1, -0.05) is 30.9 Å². The van der Waals surface area contributed by atoms with E-state index in [0.717, 1.165) is 38.8 Å². The van der Waals surface area contributed by atoms with Crippen LogP contribution in [0.3, 0.4) is 0 Å². The molecule has 2 heterocycles. The summed E-state index contributed by atoms with van der Waals surface area (Å²) in [6.07, 6.45) is 9.58. The summed E-state index contributed by atoms with van der Waals surface area (Å²) in [5.74, 6) is 0.572. The van der Waals surface area contributed by atoms with Gasteiger partial charge in [0.1, 0.15) is 5.02 Å². The Labute approximate surface area is 183 Å². The summed E-state index contributed by atoms with van der Waals surface area (Å²) in [6.45, 7) is 8.19. The topological polar surface area (TPSA) is 79.3 Å². The number of halogens is 1. The first-order chi connectivity index (χ1) is 14.1. The Hall–Kier alpha value is -1.60. The van der Waals surface area contributed by atoms with Crippen molar-refractivity contribution >= 4 is 29.2 Å². The second-order valence-electron chi connectivity index (χ2n) is 10.6. The summed E-state index contributed by atoms with van der Waals surface area (Å²) in [5, 5.41) is 11.0. The van der Waals surface area contributed by atoms with Gasteiger partial charge in [0.05, 0.1) is 12.6 Å². The Balaban J connectivity index is 1.22. The lowest BCUT2D eigenvalue weighted by atomic mass is 9.57. The molecule has 0 radical (unpaired) electrons. The molecular weight excluding hydrogens is 402 g/mol. The molecule has 3 fully saturated rings. The highest BCUT2D eigenvalue weighted by Gasteiger charge is 2.54. The molecule has 1 aromatic heterocycles. The third-order valence-corrected chi connectivity index (χ3v) is 6.88. The molecule has 166 valence electrons. The van der Waals surface area contributed by atoms with Gasteiger partial charge in [-0.2, -0.15) is 5.10 Å². The Kier molecular flexibility index (Phi) is 5.88. The largest absolute Gasteiger partial charge is 0.350 e. The Bertz CT molecular complexity index is 795. The highest BCUT2D eigenvalue weighted by atomic mass is 35.5.